The Morgan fingerprint density at radius 2 is 2.14 bits per heavy atom. The third-order valence-electron chi connectivity index (χ3n) is 4.21. The smallest absolute Gasteiger partial charge is 0.251 e. The van der Waals surface area contributed by atoms with Crippen molar-refractivity contribution in [3.63, 3.8) is 0 Å². The van der Waals surface area contributed by atoms with Gasteiger partial charge >= 0.3 is 0 Å². The lowest BCUT2D eigenvalue weighted by Crippen LogP contribution is -2.37. The van der Waals surface area contributed by atoms with Crippen LogP contribution in [0.15, 0.2) is 34.9 Å². The largest absolute Gasteiger partial charge is 0.361 e. The van der Waals surface area contributed by atoms with Crippen molar-refractivity contribution >= 4 is 5.91 Å². The fourth-order valence-electron chi connectivity index (χ4n) is 2.90. The highest BCUT2D eigenvalue weighted by Crippen LogP contribution is 2.19. The molecule has 1 unspecified atom stereocenters. The highest BCUT2D eigenvalue weighted by molar-refractivity contribution is 5.94. The monoisotopic (exact) mass is 299 g/mol. The maximum absolute atomic E-state index is 12.2. The number of hydrogen-bond acceptors (Lipinski definition) is 4. The molecule has 116 valence electrons. The van der Waals surface area contributed by atoms with E-state index in [1.807, 2.05) is 44.2 Å². The Hall–Kier alpha value is -2.14. The Balaban J connectivity index is 1.55. The third kappa shape index (κ3) is 3.20. The van der Waals surface area contributed by atoms with Crippen LogP contribution in [-0.4, -0.2) is 35.1 Å². The van der Waals surface area contributed by atoms with Gasteiger partial charge in [-0.3, -0.25) is 9.69 Å². The molecule has 0 saturated carbocycles. The molecule has 1 amide bonds. The van der Waals surface area contributed by atoms with Gasteiger partial charge in [0.1, 0.15) is 5.76 Å². The summed E-state index contributed by atoms with van der Waals surface area (Å²) in [4.78, 5) is 14.5. The first kappa shape index (κ1) is 14.8. The van der Waals surface area contributed by atoms with Crippen molar-refractivity contribution in [3.05, 3.63) is 52.9 Å². The molecule has 1 aliphatic rings. The molecule has 3 rings (SSSR count). The van der Waals surface area contributed by atoms with E-state index >= 15 is 0 Å². The predicted octanol–water partition coefficient (Wildman–Crippen LogP) is 2.30. The quantitative estimate of drug-likeness (QED) is 0.941. The molecule has 2 aromatic rings. The number of nitrogens with zero attached hydrogens (tertiary/aromatic N) is 2. The van der Waals surface area contributed by atoms with Gasteiger partial charge in [0.15, 0.2) is 0 Å². The number of rotatable bonds is 4. The van der Waals surface area contributed by atoms with Crippen LogP contribution in [-0.2, 0) is 6.54 Å². The summed E-state index contributed by atoms with van der Waals surface area (Å²) < 4.78 is 5.21. The lowest BCUT2D eigenvalue weighted by atomic mass is 10.2. The van der Waals surface area contributed by atoms with E-state index in [1.165, 1.54) is 0 Å². The van der Waals surface area contributed by atoms with Crippen LogP contribution >= 0.6 is 0 Å². The zero-order valence-electron chi connectivity index (χ0n) is 13.0. The molecule has 5 heteroatoms. The molecule has 0 aliphatic carbocycles. The Kier molecular flexibility index (Phi) is 4.24. The van der Waals surface area contributed by atoms with E-state index in [9.17, 15) is 4.79 Å². The van der Waals surface area contributed by atoms with Crippen molar-refractivity contribution in [2.75, 3.05) is 13.1 Å². The van der Waals surface area contributed by atoms with Gasteiger partial charge < -0.3 is 9.84 Å². The van der Waals surface area contributed by atoms with E-state index < -0.39 is 0 Å². The SMILES string of the molecule is Cc1noc(C)c1CN1CCC(NC(=O)c2ccccc2)C1. The number of hydrogen-bond donors (Lipinski definition) is 1. The summed E-state index contributed by atoms with van der Waals surface area (Å²) in [6.07, 6.45) is 0.974. The minimum atomic E-state index is 0.00443. The van der Waals surface area contributed by atoms with E-state index in [0.29, 0.717) is 5.56 Å². The van der Waals surface area contributed by atoms with Crippen LogP contribution in [0, 0.1) is 13.8 Å². The standard InChI is InChI=1S/C17H21N3O2/c1-12-16(13(2)22-19-12)11-20-9-8-15(10-20)18-17(21)14-6-4-3-5-7-14/h3-7,15H,8-11H2,1-2H3,(H,18,21). The summed E-state index contributed by atoms with van der Waals surface area (Å²) in [5.74, 6) is 0.888. The van der Waals surface area contributed by atoms with Gasteiger partial charge in [-0.05, 0) is 32.4 Å². The maximum atomic E-state index is 12.2. The van der Waals surface area contributed by atoms with Crippen LogP contribution in [0.1, 0.15) is 33.8 Å². The van der Waals surface area contributed by atoms with Crippen molar-refractivity contribution in [1.82, 2.24) is 15.4 Å². The highest BCUT2D eigenvalue weighted by atomic mass is 16.5. The summed E-state index contributed by atoms with van der Waals surface area (Å²) in [6, 6.07) is 9.56. The first-order chi connectivity index (χ1) is 10.6. The number of aromatic nitrogens is 1. The summed E-state index contributed by atoms with van der Waals surface area (Å²) >= 11 is 0. The van der Waals surface area contributed by atoms with Gasteiger partial charge in [-0.2, -0.15) is 0 Å². The Morgan fingerprint density at radius 1 is 1.36 bits per heavy atom. The summed E-state index contributed by atoms with van der Waals surface area (Å²) in [6.45, 7) is 6.59. The van der Waals surface area contributed by atoms with Crippen molar-refractivity contribution in [3.8, 4) is 0 Å². The Labute approximate surface area is 130 Å². The van der Waals surface area contributed by atoms with Crippen molar-refractivity contribution < 1.29 is 9.32 Å². The highest BCUT2D eigenvalue weighted by Gasteiger charge is 2.25. The number of likely N-dealkylation sites (tertiary alicyclic amines) is 1. The summed E-state index contributed by atoms with van der Waals surface area (Å²) in [5, 5.41) is 7.11. The molecule has 1 atom stereocenters. The second kappa shape index (κ2) is 6.32. The van der Waals surface area contributed by atoms with Gasteiger partial charge in [-0.1, -0.05) is 23.4 Å². The Bertz CT molecular complexity index is 632. The van der Waals surface area contributed by atoms with Crippen LogP contribution in [0.3, 0.4) is 0 Å². The summed E-state index contributed by atoms with van der Waals surface area (Å²) in [7, 11) is 0. The molecule has 1 aromatic heterocycles. The average molecular weight is 299 g/mol. The van der Waals surface area contributed by atoms with Crippen LogP contribution in [0.5, 0.6) is 0 Å². The topological polar surface area (TPSA) is 58.4 Å². The van der Waals surface area contributed by atoms with E-state index in [2.05, 4.69) is 15.4 Å². The number of amides is 1. The fraction of sp³-hybridized carbons (Fsp3) is 0.412. The molecular formula is C17H21N3O2. The van der Waals surface area contributed by atoms with Gasteiger partial charge in [-0.25, -0.2) is 0 Å². The second-order valence-electron chi connectivity index (χ2n) is 5.86. The minimum Gasteiger partial charge on any atom is -0.361 e. The van der Waals surface area contributed by atoms with E-state index in [4.69, 9.17) is 4.52 Å². The molecule has 1 saturated heterocycles. The lowest BCUT2D eigenvalue weighted by molar-refractivity contribution is 0.0937. The second-order valence-corrected chi connectivity index (χ2v) is 5.86. The van der Waals surface area contributed by atoms with Crippen LogP contribution in [0.4, 0.5) is 0 Å². The number of benzene rings is 1. The first-order valence-electron chi connectivity index (χ1n) is 7.63. The van der Waals surface area contributed by atoms with Crippen molar-refractivity contribution in [1.29, 1.82) is 0 Å². The first-order valence-corrected chi connectivity index (χ1v) is 7.63. The van der Waals surface area contributed by atoms with Gasteiger partial charge in [0.05, 0.1) is 5.69 Å². The van der Waals surface area contributed by atoms with Crippen LogP contribution in [0.2, 0.25) is 0 Å². The van der Waals surface area contributed by atoms with Crippen molar-refractivity contribution in [2.24, 2.45) is 0 Å². The minimum absolute atomic E-state index is 0.00443. The Morgan fingerprint density at radius 3 is 2.82 bits per heavy atom. The molecule has 22 heavy (non-hydrogen) atoms. The molecule has 1 aliphatic heterocycles. The average Bonchev–Trinajstić information content (AvgIpc) is 3.10. The number of aryl methyl sites for hydroxylation is 2. The van der Waals surface area contributed by atoms with Gasteiger partial charge in [0.25, 0.3) is 5.91 Å². The summed E-state index contributed by atoms with van der Waals surface area (Å²) in [5.41, 5.74) is 2.83. The molecule has 1 aromatic carbocycles. The fourth-order valence-corrected chi connectivity index (χ4v) is 2.90. The lowest BCUT2D eigenvalue weighted by Gasteiger charge is -2.16. The number of carbonyl (C=O) groups excluding carboxylic acids is 1. The van der Waals surface area contributed by atoms with Gasteiger partial charge in [0.2, 0.25) is 0 Å². The number of carbonyl (C=O) groups is 1. The third-order valence-corrected chi connectivity index (χ3v) is 4.21. The molecule has 0 radical (unpaired) electrons. The predicted molar refractivity (Wildman–Crippen MR) is 83.6 cm³/mol. The van der Waals surface area contributed by atoms with Gasteiger partial charge in [0, 0.05) is 36.8 Å². The van der Waals surface area contributed by atoms with E-state index in [0.717, 1.165) is 43.1 Å². The van der Waals surface area contributed by atoms with Crippen LogP contribution in [0.25, 0.3) is 0 Å². The molecule has 5 nitrogen and oxygen atoms in total. The zero-order chi connectivity index (χ0) is 15.5. The molecule has 2 heterocycles. The molecule has 1 fully saturated rings. The number of nitrogens with one attached hydrogen (secondary N) is 1. The van der Waals surface area contributed by atoms with E-state index in [1.54, 1.807) is 0 Å². The normalized spacial score (nSPS) is 18.5. The van der Waals surface area contributed by atoms with Crippen molar-refractivity contribution in [2.45, 2.75) is 32.9 Å². The van der Waals surface area contributed by atoms with Gasteiger partial charge in [-0.15, -0.1) is 0 Å². The van der Waals surface area contributed by atoms with Crippen LogP contribution < -0.4 is 5.32 Å². The molecule has 0 bridgehead atoms. The molecular weight excluding hydrogens is 278 g/mol. The van der Waals surface area contributed by atoms with E-state index in [-0.39, 0.29) is 11.9 Å². The molecule has 1 N–H and O–H groups in total. The maximum Gasteiger partial charge on any atom is 0.251 e. The molecule has 0 spiro atoms. The zero-order valence-corrected chi connectivity index (χ0v) is 13.0.